The van der Waals surface area contributed by atoms with Crippen molar-refractivity contribution in [3.8, 4) is 5.75 Å². The van der Waals surface area contributed by atoms with E-state index in [1.807, 2.05) is 30.3 Å². The van der Waals surface area contributed by atoms with Crippen LogP contribution in [0.3, 0.4) is 0 Å². The molecule has 2 aliphatic rings. The van der Waals surface area contributed by atoms with Crippen LogP contribution in [-0.4, -0.2) is 68.0 Å². The van der Waals surface area contributed by atoms with Gasteiger partial charge in [-0.15, -0.1) is 0 Å². The smallest absolute Gasteiger partial charge is 0.341 e. The van der Waals surface area contributed by atoms with E-state index in [4.69, 9.17) is 37.4 Å². The molecule has 3 aromatic carbocycles. The third-order valence-electron chi connectivity index (χ3n) is 8.54. The molecule has 2 heterocycles. The van der Waals surface area contributed by atoms with Crippen LogP contribution in [0.2, 0.25) is 10.0 Å². The molecule has 2 aliphatic heterocycles. The Labute approximate surface area is 268 Å². The highest BCUT2D eigenvalue weighted by Gasteiger charge is 2.43. The molecule has 10 heteroatoms. The van der Waals surface area contributed by atoms with E-state index in [1.54, 1.807) is 24.3 Å². The highest BCUT2D eigenvalue weighted by atomic mass is 35.5. The van der Waals surface area contributed by atoms with Crippen molar-refractivity contribution >= 4 is 29.2 Å². The SMILES string of the molecule is C[C@@H](NCCCN1CCOCC1)[C@@H]1C[C@@H](c2ccc(Cl)cc2)[C@@H](c2cccc(F)c2)O[C@H]1c1cc(Cl)ccc1OCC(=O)O. The molecule has 0 aromatic heterocycles. The Morgan fingerprint density at radius 1 is 1.05 bits per heavy atom. The summed E-state index contributed by atoms with van der Waals surface area (Å²) in [6, 6.07) is 19.4. The van der Waals surface area contributed by atoms with Crippen molar-refractivity contribution in [2.75, 3.05) is 46.0 Å². The zero-order chi connectivity index (χ0) is 31.1. The van der Waals surface area contributed by atoms with Crippen molar-refractivity contribution in [2.45, 2.75) is 43.9 Å². The largest absolute Gasteiger partial charge is 0.482 e. The number of hydrogen-bond acceptors (Lipinski definition) is 6. The highest BCUT2D eigenvalue weighted by Crippen LogP contribution is 2.52. The first-order valence-electron chi connectivity index (χ1n) is 15.1. The molecular formula is C34H39Cl2FN2O5. The van der Waals surface area contributed by atoms with Gasteiger partial charge in [0.05, 0.1) is 25.4 Å². The number of carbonyl (C=O) groups is 1. The Morgan fingerprint density at radius 2 is 1.80 bits per heavy atom. The molecule has 2 saturated heterocycles. The lowest BCUT2D eigenvalue weighted by atomic mass is 9.73. The Hall–Kier alpha value is -2.72. The molecule has 5 rings (SSSR count). The van der Waals surface area contributed by atoms with Crippen LogP contribution >= 0.6 is 23.2 Å². The van der Waals surface area contributed by atoms with Crippen LogP contribution < -0.4 is 10.1 Å². The van der Waals surface area contributed by atoms with E-state index in [1.165, 1.54) is 12.1 Å². The number of hydrogen-bond donors (Lipinski definition) is 2. The van der Waals surface area contributed by atoms with Gasteiger partial charge in [0.1, 0.15) is 11.6 Å². The maximum atomic E-state index is 14.5. The van der Waals surface area contributed by atoms with Gasteiger partial charge < -0.3 is 24.6 Å². The van der Waals surface area contributed by atoms with Gasteiger partial charge in [0.25, 0.3) is 0 Å². The Kier molecular flexibility index (Phi) is 11.5. The monoisotopic (exact) mass is 644 g/mol. The summed E-state index contributed by atoms with van der Waals surface area (Å²) in [5.41, 5.74) is 2.43. The minimum Gasteiger partial charge on any atom is -0.482 e. The first kappa shape index (κ1) is 32.7. The minimum atomic E-state index is -1.08. The zero-order valence-corrected chi connectivity index (χ0v) is 26.3. The van der Waals surface area contributed by atoms with E-state index < -0.39 is 24.8 Å². The van der Waals surface area contributed by atoms with Gasteiger partial charge in [0.15, 0.2) is 6.61 Å². The fraction of sp³-hybridized carbons (Fsp3) is 0.441. The van der Waals surface area contributed by atoms with Crippen LogP contribution in [0.25, 0.3) is 0 Å². The zero-order valence-electron chi connectivity index (χ0n) is 24.8. The molecule has 2 N–H and O–H groups in total. The standard InChI is InChI=1S/C34H39Cl2FN2O5/c1-22(38-12-3-13-39-14-16-42-17-15-39)28-20-29(23-6-8-25(35)9-7-23)33(24-4-2-5-27(37)18-24)44-34(28)30-19-26(36)10-11-31(30)43-21-32(40)41/h2,4-11,18-19,22,28-29,33-34,38H,3,12-17,20-21H2,1H3,(H,40,41)/t22-,28+,29+,33-,34-/m1/s1. The molecule has 3 aromatic rings. The molecule has 44 heavy (non-hydrogen) atoms. The number of halogens is 3. The van der Waals surface area contributed by atoms with Crippen LogP contribution in [0, 0.1) is 11.7 Å². The molecule has 0 saturated carbocycles. The first-order chi connectivity index (χ1) is 21.3. The van der Waals surface area contributed by atoms with E-state index in [0.29, 0.717) is 27.8 Å². The van der Waals surface area contributed by atoms with E-state index in [2.05, 4.69) is 17.1 Å². The van der Waals surface area contributed by atoms with Gasteiger partial charge in [0, 0.05) is 46.6 Å². The second-order valence-electron chi connectivity index (χ2n) is 11.5. The predicted molar refractivity (Wildman–Crippen MR) is 169 cm³/mol. The van der Waals surface area contributed by atoms with Crippen molar-refractivity contribution in [3.05, 3.63) is 99.3 Å². The van der Waals surface area contributed by atoms with Gasteiger partial charge in [-0.05, 0) is 86.4 Å². The fourth-order valence-corrected chi connectivity index (χ4v) is 6.61. The summed E-state index contributed by atoms with van der Waals surface area (Å²) >= 11 is 12.7. The molecule has 2 fully saturated rings. The number of carboxylic acids is 1. The second kappa shape index (κ2) is 15.5. The van der Waals surface area contributed by atoms with Gasteiger partial charge in [-0.2, -0.15) is 0 Å². The van der Waals surface area contributed by atoms with E-state index in [-0.39, 0.29) is 23.7 Å². The third kappa shape index (κ3) is 8.50. The predicted octanol–water partition coefficient (Wildman–Crippen LogP) is 6.90. The van der Waals surface area contributed by atoms with Crippen LogP contribution in [0.15, 0.2) is 66.7 Å². The molecule has 0 amide bonds. The molecule has 236 valence electrons. The number of nitrogens with zero attached hydrogens (tertiary/aromatic N) is 1. The number of ether oxygens (including phenoxy) is 3. The van der Waals surface area contributed by atoms with E-state index in [9.17, 15) is 14.3 Å². The summed E-state index contributed by atoms with van der Waals surface area (Å²) in [5, 5.41) is 14.2. The van der Waals surface area contributed by atoms with Gasteiger partial charge in [-0.3, -0.25) is 4.90 Å². The molecule has 0 unspecified atom stereocenters. The summed E-state index contributed by atoms with van der Waals surface area (Å²) < 4.78 is 32.8. The van der Waals surface area contributed by atoms with E-state index >= 15 is 0 Å². The van der Waals surface area contributed by atoms with Gasteiger partial charge in [0.2, 0.25) is 0 Å². The molecule has 5 atom stereocenters. The second-order valence-corrected chi connectivity index (χ2v) is 12.4. The Bertz CT molecular complexity index is 1390. The van der Waals surface area contributed by atoms with Gasteiger partial charge in [-0.1, -0.05) is 47.5 Å². The number of morpholine rings is 1. The average Bonchev–Trinajstić information content (AvgIpc) is 3.02. The van der Waals surface area contributed by atoms with Crippen LogP contribution in [0.5, 0.6) is 5.75 Å². The Morgan fingerprint density at radius 3 is 2.52 bits per heavy atom. The Balaban J connectivity index is 1.47. The number of aliphatic carboxylic acids is 1. The summed E-state index contributed by atoms with van der Waals surface area (Å²) in [6.45, 7) is 6.91. The molecule has 0 aliphatic carbocycles. The lowest BCUT2D eigenvalue weighted by Gasteiger charge is -2.45. The van der Waals surface area contributed by atoms with Crippen LogP contribution in [0.1, 0.15) is 54.6 Å². The molecular weight excluding hydrogens is 606 g/mol. The summed E-state index contributed by atoms with van der Waals surface area (Å²) in [6.07, 6.45) is 0.680. The van der Waals surface area contributed by atoms with Crippen LogP contribution in [0.4, 0.5) is 4.39 Å². The quantitative estimate of drug-likeness (QED) is 0.208. The summed E-state index contributed by atoms with van der Waals surface area (Å²) in [4.78, 5) is 13.8. The van der Waals surface area contributed by atoms with Gasteiger partial charge >= 0.3 is 5.97 Å². The number of rotatable bonds is 12. The average molecular weight is 646 g/mol. The summed E-state index contributed by atoms with van der Waals surface area (Å²) in [7, 11) is 0. The first-order valence-corrected chi connectivity index (χ1v) is 15.9. The maximum absolute atomic E-state index is 14.5. The van der Waals surface area contributed by atoms with E-state index in [0.717, 1.165) is 56.9 Å². The number of carboxylic acid groups (broad SMARTS) is 1. The fourth-order valence-electron chi connectivity index (χ4n) is 6.30. The van der Waals surface area contributed by atoms with Crippen molar-refractivity contribution in [3.63, 3.8) is 0 Å². The van der Waals surface area contributed by atoms with Crippen LogP contribution in [-0.2, 0) is 14.3 Å². The third-order valence-corrected chi connectivity index (χ3v) is 9.03. The molecule has 0 radical (unpaired) electrons. The topological polar surface area (TPSA) is 80.3 Å². The molecule has 0 bridgehead atoms. The maximum Gasteiger partial charge on any atom is 0.341 e. The van der Waals surface area contributed by atoms with Crippen molar-refractivity contribution in [1.29, 1.82) is 0 Å². The molecule has 0 spiro atoms. The number of nitrogens with one attached hydrogen (secondary N) is 1. The highest BCUT2D eigenvalue weighted by molar-refractivity contribution is 6.30. The summed E-state index contributed by atoms with van der Waals surface area (Å²) in [5.74, 6) is -1.19. The lowest BCUT2D eigenvalue weighted by molar-refractivity contribution is -0.139. The molecule has 7 nitrogen and oxygen atoms in total. The van der Waals surface area contributed by atoms with Crippen molar-refractivity contribution < 1.29 is 28.5 Å². The van der Waals surface area contributed by atoms with Crippen molar-refractivity contribution in [1.82, 2.24) is 10.2 Å². The van der Waals surface area contributed by atoms with Gasteiger partial charge in [-0.25, -0.2) is 9.18 Å². The normalized spacial score (nSPS) is 23.3. The lowest BCUT2D eigenvalue weighted by Crippen LogP contribution is -2.43. The minimum absolute atomic E-state index is 0.0132. The van der Waals surface area contributed by atoms with Crippen molar-refractivity contribution in [2.24, 2.45) is 5.92 Å². The number of benzene rings is 3.